The molecule has 0 aromatic heterocycles. The largest absolute Gasteiger partial charge is 0.369 e. The highest BCUT2D eigenvalue weighted by atomic mass is 19.1. The first-order valence-corrected chi connectivity index (χ1v) is 6.69. The van der Waals surface area contributed by atoms with E-state index in [2.05, 4.69) is 11.8 Å². The van der Waals surface area contributed by atoms with Crippen LogP contribution in [0.4, 0.5) is 10.1 Å². The first kappa shape index (κ1) is 12.9. The third-order valence-corrected chi connectivity index (χ3v) is 3.73. The van der Waals surface area contributed by atoms with E-state index < -0.39 is 0 Å². The summed E-state index contributed by atoms with van der Waals surface area (Å²) in [5, 5.41) is 8.73. The maximum atomic E-state index is 13.9. The maximum absolute atomic E-state index is 13.9. The van der Waals surface area contributed by atoms with Crippen LogP contribution in [0.3, 0.4) is 0 Å². The van der Waals surface area contributed by atoms with Crippen molar-refractivity contribution in [3.63, 3.8) is 0 Å². The number of nitriles is 1. The van der Waals surface area contributed by atoms with Gasteiger partial charge in [0.1, 0.15) is 5.82 Å². The lowest BCUT2D eigenvalue weighted by Gasteiger charge is -2.33. The van der Waals surface area contributed by atoms with Crippen LogP contribution < -0.4 is 4.90 Å². The molecular weight excluding hydrogens is 227 g/mol. The smallest absolute Gasteiger partial charge is 0.147 e. The Balaban J connectivity index is 2.04. The molecule has 1 aromatic rings. The van der Waals surface area contributed by atoms with Crippen LogP contribution in [0.1, 0.15) is 38.2 Å². The van der Waals surface area contributed by atoms with Crippen molar-refractivity contribution in [1.82, 2.24) is 0 Å². The van der Waals surface area contributed by atoms with Crippen molar-refractivity contribution in [1.29, 1.82) is 5.26 Å². The van der Waals surface area contributed by atoms with Crippen molar-refractivity contribution >= 4 is 5.69 Å². The molecule has 1 aliphatic heterocycles. The predicted molar refractivity (Wildman–Crippen MR) is 71.0 cm³/mol. The molecule has 2 nitrogen and oxygen atoms in total. The quantitative estimate of drug-likeness (QED) is 0.812. The lowest BCUT2D eigenvalue weighted by Crippen LogP contribution is -2.34. The number of nitrogens with zero attached hydrogens (tertiary/aromatic N) is 2. The van der Waals surface area contributed by atoms with E-state index in [1.54, 1.807) is 12.1 Å². The van der Waals surface area contributed by atoms with Crippen molar-refractivity contribution in [2.45, 2.75) is 32.6 Å². The number of benzene rings is 1. The van der Waals surface area contributed by atoms with Crippen molar-refractivity contribution in [3.8, 4) is 6.07 Å². The number of anilines is 1. The summed E-state index contributed by atoms with van der Waals surface area (Å²) in [6, 6.07) is 6.71. The van der Waals surface area contributed by atoms with Gasteiger partial charge in [-0.1, -0.05) is 19.8 Å². The van der Waals surface area contributed by atoms with E-state index in [1.807, 2.05) is 6.07 Å². The molecule has 96 valence electrons. The fourth-order valence-electron chi connectivity index (χ4n) is 2.70. The van der Waals surface area contributed by atoms with Crippen molar-refractivity contribution < 1.29 is 4.39 Å². The summed E-state index contributed by atoms with van der Waals surface area (Å²) in [6.45, 7) is 4.06. The van der Waals surface area contributed by atoms with Gasteiger partial charge in [0, 0.05) is 13.1 Å². The summed E-state index contributed by atoms with van der Waals surface area (Å²) in [7, 11) is 0. The highest BCUT2D eigenvalue weighted by Gasteiger charge is 2.20. The number of halogens is 1. The highest BCUT2D eigenvalue weighted by Crippen LogP contribution is 2.28. The molecule has 0 radical (unpaired) electrons. The Bertz CT molecular complexity index is 442. The summed E-state index contributed by atoms with van der Waals surface area (Å²) >= 11 is 0. The van der Waals surface area contributed by atoms with Crippen LogP contribution in [-0.4, -0.2) is 13.1 Å². The third kappa shape index (κ3) is 2.81. The molecule has 0 amide bonds. The monoisotopic (exact) mass is 246 g/mol. The van der Waals surface area contributed by atoms with Gasteiger partial charge in [0.25, 0.3) is 0 Å². The van der Waals surface area contributed by atoms with Crippen LogP contribution in [-0.2, 0) is 0 Å². The van der Waals surface area contributed by atoms with E-state index in [9.17, 15) is 4.39 Å². The molecule has 1 fully saturated rings. The molecule has 0 saturated carbocycles. The summed E-state index contributed by atoms with van der Waals surface area (Å²) in [5.74, 6) is 0.524. The number of rotatable bonds is 3. The van der Waals surface area contributed by atoms with Crippen LogP contribution in [0, 0.1) is 23.1 Å². The van der Waals surface area contributed by atoms with Gasteiger partial charge in [-0.3, -0.25) is 0 Å². The molecule has 0 atom stereocenters. The second-order valence-electron chi connectivity index (χ2n) is 5.00. The van der Waals surface area contributed by atoms with E-state index >= 15 is 0 Å². The van der Waals surface area contributed by atoms with Crippen LogP contribution >= 0.6 is 0 Å². The van der Waals surface area contributed by atoms with Crippen LogP contribution in [0.25, 0.3) is 0 Å². The maximum Gasteiger partial charge on any atom is 0.147 e. The molecule has 1 aliphatic rings. The molecule has 3 heteroatoms. The second kappa shape index (κ2) is 5.86. The van der Waals surface area contributed by atoms with Gasteiger partial charge in [0.05, 0.1) is 17.3 Å². The lowest BCUT2D eigenvalue weighted by atomic mass is 9.92. The third-order valence-electron chi connectivity index (χ3n) is 3.73. The predicted octanol–water partition coefficient (Wildman–Crippen LogP) is 3.71. The molecule has 0 spiro atoms. The average Bonchev–Trinajstić information content (AvgIpc) is 2.40. The molecule has 1 saturated heterocycles. The SMILES string of the molecule is CCCC1CCN(c2ccc(C#N)cc2F)CC1. The molecule has 0 N–H and O–H groups in total. The zero-order chi connectivity index (χ0) is 13.0. The Labute approximate surface area is 108 Å². The average molecular weight is 246 g/mol. The number of hydrogen-bond donors (Lipinski definition) is 0. The fraction of sp³-hybridized carbons (Fsp3) is 0.533. The van der Waals surface area contributed by atoms with E-state index in [0.29, 0.717) is 11.3 Å². The Morgan fingerprint density at radius 3 is 2.67 bits per heavy atom. The zero-order valence-electron chi connectivity index (χ0n) is 10.8. The summed E-state index contributed by atoms with van der Waals surface area (Å²) in [5.41, 5.74) is 1.03. The fourth-order valence-corrected chi connectivity index (χ4v) is 2.70. The lowest BCUT2D eigenvalue weighted by molar-refractivity contribution is 0.376. The standard InChI is InChI=1S/C15H19FN2/c1-2-3-12-6-8-18(9-7-12)15-5-4-13(11-17)10-14(15)16/h4-5,10,12H,2-3,6-9H2,1H3. The zero-order valence-corrected chi connectivity index (χ0v) is 10.8. The summed E-state index contributed by atoms with van der Waals surface area (Å²) < 4.78 is 13.9. The van der Waals surface area contributed by atoms with Gasteiger partial charge in [-0.2, -0.15) is 5.26 Å². The van der Waals surface area contributed by atoms with Gasteiger partial charge in [0.2, 0.25) is 0 Å². The van der Waals surface area contributed by atoms with Crippen molar-refractivity contribution in [3.05, 3.63) is 29.6 Å². The summed E-state index contributed by atoms with van der Waals surface area (Å²) in [4.78, 5) is 2.10. The van der Waals surface area contributed by atoms with Gasteiger partial charge in [0.15, 0.2) is 0 Å². The Morgan fingerprint density at radius 1 is 1.39 bits per heavy atom. The van der Waals surface area contributed by atoms with Gasteiger partial charge in [-0.05, 0) is 37.0 Å². The van der Waals surface area contributed by atoms with Gasteiger partial charge in [-0.25, -0.2) is 4.39 Å². The first-order valence-electron chi connectivity index (χ1n) is 6.69. The first-order chi connectivity index (χ1) is 8.74. The molecular formula is C15H19FN2. The van der Waals surface area contributed by atoms with Gasteiger partial charge >= 0.3 is 0 Å². The molecule has 1 aromatic carbocycles. The number of hydrogen-bond acceptors (Lipinski definition) is 2. The minimum Gasteiger partial charge on any atom is -0.369 e. The molecule has 18 heavy (non-hydrogen) atoms. The minimum atomic E-state index is -0.275. The van der Waals surface area contributed by atoms with E-state index in [0.717, 1.165) is 31.8 Å². The minimum absolute atomic E-state index is 0.275. The van der Waals surface area contributed by atoms with Gasteiger partial charge in [-0.15, -0.1) is 0 Å². The van der Waals surface area contributed by atoms with Gasteiger partial charge < -0.3 is 4.90 Å². The van der Waals surface area contributed by atoms with Crippen LogP contribution in [0.5, 0.6) is 0 Å². The van der Waals surface area contributed by atoms with E-state index in [1.165, 1.54) is 18.9 Å². The normalized spacial score (nSPS) is 16.6. The van der Waals surface area contributed by atoms with Crippen molar-refractivity contribution in [2.24, 2.45) is 5.92 Å². The Hall–Kier alpha value is -1.56. The number of piperidine rings is 1. The van der Waals surface area contributed by atoms with Crippen LogP contribution in [0.2, 0.25) is 0 Å². The molecule has 0 aliphatic carbocycles. The highest BCUT2D eigenvalue weighted by molar-refractivity contribution is 5.51. The molecule has 1 heterocycles. The Kier molecular flexibility index (Phi) is 4.19. The van der Waals surface area contributed by atoms with E-state index in [4.69, 9.17) is 5.26 Å². The molecule has 0 bridgehead atoms. The Morgan fingerprint density at radius 2 is 2.11 bits per heavy atom. The summed E-state index contributed by atoms with van der Waals surface area (Å²) in [6.07, 6.45) is 4.81. The van der Waals surface area contributed by atoms with Crippen molar-refractivity contribution in [2.75, 3.05) is 18.0 Å². The van der Waals surface area contributed by atoms with Crippen LogP contribution in [0.15, 0.2) is 18.2 Å². The van der Waals surface area contributed by atoms with E-state index in [-0.39, 0.29) is 5.82 Å². The topological polar surface area (TPSA) is 27.0 Å². The molecule has 2 rings (SSSR count). The molecule has 0 unspecified atom stereocenters. The second-order valence-corrected chi connectivity index (χ2v) is 5.00.